The van der Waals surface area contributed by atoms with Gasteiger partial charge >= 0.3 is 5.97 Å². The normalized spacial score (nSPS) is 12.2. The smallest absolute Gasteiger partial charge is 0.339 e. The number of pyridine rings is 1. The van der Waals surface area contributed by atoms with Gasteiger partial charge in [-0.1, -0.05) is 6.92 Å². The van der Waals surface area contributed by atoms with Gasteiger partial charge in [-0.25, -0.2) is 9.78 Å². The van der Waals surface area contributed by atoms with E-state index < -0.39 is 5.97 Å². The highest BCUT2D eigenvalue weighted by Crippen LogP contribution is 2.19. The third kappa shape index (κ3) is 3.70. The van der Waals surface area contributed by atoms with Crippen molar-refractivity contribution >= 4 is 11.8 Å². The molecule has 0 fully saturated rings. The summed E-state index contributed by atoms with van der Waals surface area (Å²) in [7, 11) is 1.65. The monoisotopic (exact) mass is 252 g/mol. The maximum Gasteiger partial charge on any atom is 0.339 e. The molecule has 0 spiro atoms. The Bertz CT molecular complexity index is 432. The summed E-state index contributed by atoms with van der Waals surface area (Å²) in [4.78, 5) is 15.5. The Kier molecular flexibility index (Phi) is 5.09. The van der Waals surface area contributed by atoms with Crippen LogP contribution in [0.25, 0.3) is 0 Å². The molecule has 0 aliphatic carbocycles. The molecule has 100 valence electrons. The van der Waals surface area contributed by atoms with Gasteiger partial charge in [0.25, 0.3) is 0 Å². The van der Waals surface area contributed by atoms with E-state index >= 15 is 0 Å². The Morgan fingerprint density at radius 2 is 2.22 bits per heavy atom. The zero-order valence-corrected chi connectivity index (χ0v) is 11.3. The molecule has 5 heteroatoms. The van der Waals surface area contributed by atoms with Crippen LogP contribution in [0, 0.1) is 19.8 Å². The number of aromatic carboxylic acids is 1. The zero-order chi connectivity index (χ0) is 13.7. The van der Waals surface area contributed by atoms with Gasteiger partial charge in [-0.2, -0.15) is 0 Å². The van der Waals surface area contributed by atoms with Gasteiger partial charge in [-0.15, -0.1) is 0 Å². The molecule has 2 N–H and O–H groups in total. The Balaban J connectivity index is 2.90. The number of hydrogen-bond donors (Lipinski definition) is 2. The number of anilines is 1. The first-order valence-corrected chi connectivity index (χ1v) is 5.90. The average molecular weight is 252 g/mol. The topological polar surface area (TPSA) is 71.5 Å². The predicted octanol–water partition coefficient (Wildman–Crippen LogP) is 2.09. The van der Waals surface area contributed by atoms with E-state index in [0.29, 0.717) is 24.9 Å². The Labute approximate surface area is 107 Å². The minimum absolute atomic E-state index is 0.241. The molecule has 0 saturated carbocycles. The Hall–Kier alpha value is -1.62. The maximum absolute atomic E-state index is 11.2. The molecule has 0 bridgehead atoms. The Morgan fingerprint density at radius 1 is 1.56 bits per heavy atom. The fourth-order valence-corrected chi connectivity index (χ4v) is 1.85. The standard InChI is InChI=1S/C13H20N2O3/c1-8(7-18-4)6-14-12-11(13(16)17)9(2)5-10(3)15-12/h5,8H,6-7H2,1-4H3,(H,14,15)(H,16,17). The van der Waals surface area contributed by atoms with Gasteiger partial charge in [0.15, 0.2) is 0 Å². The lowest BCUT2D eigenvalue weighted by atomic mass is 10.1. The molecule has 0 radical (unpaired) electrons. The lowest BCUT2D eigenvalue weighted by molar-refractivity contribution is 0.0696. The number of rotatable bonds is 6. The van der Waals surface area contributed by atoms with E-state index in [2.05, 4.69) is 10.3 Å². The number of aromatic nitrogens is 1. The highest BCUT2D eigenvalue weighted by Gasteiger charge is 2.16. The highest BCUT2D eigenvalue weighted by molar-refractivity contribution is 5.94. The maximum atomic E-state index is 11.2. The second kappa shape index (κ2) is 6.35. The number of carbonyl (C=O) groups is 1. The molecular weight excluding hydrogens is 232 g/mol. The van der Waals surface area contributed by atoms with Crippen molar-refractivity contribution in [1.29, 1.82) is 0 Å². The summed E-state index contributed by atoms with van der Waals surface area (Å²) in [6, 6.07) is 1.77. The van der Waals surface area contributed by atoms with Crippen LogP contribution in [0.4, 0.5) is 5.82 Å². The fourth-order valence-electron chi connectivity index (χ4n) is 1.85. The number of carboxylic acid groups (broad SMARTS) is 1. The number of ether oxygens (including phenoxy) is 1. The summed E-state index contributed by atoms with van der Waals surface area (Å²) < 4.78 is 5.04. The van der Waals surface area contributed by atoms with Crippen molar-refractivity contribution in [2.24, 2.45) is 5.92 Å². The van der Waals surface area contributed by atoms with Crippen molar-refractivity contribution in [1.82, 2.24) is 4.98 Å². The molecule has 0 aliphatic rings. The third-order valence-electron chi connectivity index (χ3n) is 2.63. The SMILES string of the molecule is COCC(C)CNc1nc(C)cc(C)c1C(=O)O. The van der Waals surface area contributed by atoms with Crippen molar-refractivity contribution in [2.45, 2.75) is 20.8 Å². The molecule has 1 rings (SSSR count). The molecule has 1 aromatic rings. The van der Waals surface area contributed by atoms with Crippen LogP contribution in [0.15, 0.2) is 6.07 Å². The summed E-state index contributed by atoms with van der Waals surface area (Å²) in [6.07, 6.45) is 0. The van der Waals surface area contributed by atoms with Gasteiger partial charge in [0.1, 0.15) is 11.4 Å². The van der Waals surface area contributed by atoms with E-state index in [4.69, 9.17) is 4.74 Å². The van der Waals surface area contributed by atoms with Crippen LogP contribution in [0.1, 0.15) is 28.5 Å². The van der Waals surface area contributed by atoms with Gasteiger partial charge in [0.2, 0.25) is 0 Å². The molecule has 0 amide bonds. The number of aryl methyl sites for hydroxylation is 2. The summed E-state index contributed by atoms with van der Waals surface area (Å²) in [5, 5.41) is 12.3. The largest absolute Gasteiger partial charge is 0.478 e. The average Bonchev–Trinajstić information content (AvgIpc) is 2.25. The summed E-state index contributed by atoms with van der Waals surface area (Å²) in [5.41, 5.74) is 1.77. The van der Waals surface area contributed by atoms with Gasteiger partial charge in [0.05, 0.1) is 6.61 Å². The predicted molar refractivity (Wildman–Crippen MR) is 70.2 cm³/mol. The van der Waals surface area contributed by atoms with Gasteiger partial charge in [0, 0.05) is 19.3 Å². The molecule has 5 nitrogen and oxygen atoms in total. The van der Waals surface area contributed by atoms with Crippen LogP contribution in [-0.2, 0) is 4.74 Å². The van der Waals surface area contributed by atoms with E-state index in [1.165, 1.54) is 0 Å². The molecule has 1 unspecified atom stereocenters. The zero-order valence-electron chi connectivity index (χ0n) is 11.3. The summed E-state index contributed by atoms with van der Waals surface area (Å²) in [6.45, 7) is 6.91. The van der Waals surface area contributed by atoms with Crippen LogP contribution >= 0.6 is 0 Å². The molecule has 0 saturated heterocycles. The summed E-state index contributed by atoms with van der Waals surface area (Å²) >= 11 is 0. The van der Waals surface area contributed by atoms with Crippen molar-refractivity contribution in [2.75, 3.05) is 25.6 Å². The van der Waals surface area contributed by atoms with Gasteiger partial charge < -0.3 is 15.2 Å². The van der Waals surface area contributed by atoms with Crippen molar-refractivity contribution in [3.63, 3.8) is 0 Å². The van der Waals surface area contributed by atoms with Crippen LogP contribution in [0.5, 0.6) is 0 Å². The number of carboxylic acids is 1. The fraction of sp³-hybridized carbons (Fsp3) is 0.538. The van der Waals surface area contributed by atoms with Gasteiger partial charge in [-0.05, 0) is 31.4 Å². The quantitative estimate of drug-likeness (QED) is 0.811. The van der Waals surface area contributed by atoms with Crippen molar-refractivity contribution in [3.8, 4) is 0 Å². The first-order chi connectivity index (χ1) is 8.45. The molecule has 1 heterocycles. The lowest BCUT2D eigenvalue weighted by Crippen LogP contribution is -2.19. The van der Waals surface area contributed by atoms with Crippen molar-refractivity contribution in [3.05, 3.63) is 22.9 Å². The molecule has 0 aliphatic heterocycles. The van der Waals surface area contributed by atoms with E-state index in [0.717, 1.165) is 11.3 Å². The number of hydrogen-bond acceptors (Lipinski definition) is 4. The second-order valence-corrected chi connectivity index (χ2v) is 4.55. The van der Waals surface area contributed by atoms with Crippen LogP contribution < -0.4 is 5.32 Å². The van der Waals surface area contributed by atoms with E-state index in [-0.39, 0.29) is 5.56 Å². The number of nitrogens with zero attached hydrogens (tertiary/aromatic N) is 1. The molecule has 18 heavy (non-hydrogen) atoms. The first-order valence-electron chi connectivity index (χ1n) is 5.90. The van der Waals surface area contributed by atoms with E-state index in [1.54, 1.807) is 20.1 Å². The first kappa shape index (κ1) is 14.4. The van der Waals surface area contributed by atoms with Crippen molar-refractivity contribution < 1.29 is 14.6 Å². The molecular formula is C13H20N2O3. The minimum atomic E-state index is -0.957. The van der Waals surface area contributed by atoms with Gasteiger partial charge in [-0.3, -0.25) is 0 Å². The number of methoxy groups -OCH3 is 1. The van der Waals surface area contributed by atoms with Crippen LogP contribution in [0.2, 0.25) is 0 Å². The molecule has 1 aromatic heterocycles. The molecule has 0 aromatic carbocycles. The minimum Gasteiger partial charge on any atom is -0.478 e. The second-order valence-electron chi connectivity index (χ2n) is 4.55. The van der Waals surface area contributed by atoms with E-state index in [1.807, 2.05) is 13.8 Å². The third-order valence-corrected chi connectivity index (χ3v) is 2.63. The summed E-state index contributed by atoms with van der Waals surface area (Å²) in [5.74, 6) is -0.232. The van der Waals surface area contributed by atoms with E-state index in [9.17, 15) is 9.90 Å². The van der Waals surface area contributed by atoms with Crippen LogP contribution in [-0.4, -0.2) is 36.3 Å². The molecule has 1 atom stereocenters. The lowest BCUT2D eigenvalue weighted by Gasteiger charge is -2.15. The van der Waals surface area contributed by atoms with Crippen LogP contribution in [0.3, 0.4) is 0 Å². The number of nitrogens with one attached hydrogen (secondary N) is 1. The highest BCUT2D eigenvalue weighted by atomic mass is 16.5. The Morgan fingerprint density at radius 3 is 2.78 bits per heavy atom.